The first kappa shape index (κ1) is 13.0. The fraction of sp³-hybridized carbons (Fsp3) is 0.818. The molecule has 0 aromatic rings. The van der Waals surface area contributed by atoms with E-state index in [9.17, 15) is 0 Å². The largest absolute Gasteiger partial charge is 0.365 e. The number of unbranched alkanes of at least 4 members (excludes halogenated alkanes) is 2. The average molecular weight is 247 g/mol. The number of ether oxygens (including phenoxy) is 1. The number of halogens is 1. The topological polar surface area (TPSA) is 9.23 Å². The van der Waals surface area contributed by atoms with Crippen LogP contribution in [0.5, 0.6) is 0 Å². The van der Waals surface area contributed by atoms with Crippen molar-refractivity contribution >= 4 is 15.9 Å². The van der Waals surface area contributed by atoms with Gasteiger partial charge in [-0.05, 0) is 17.7 Å². The first-order chi connectivity index (χ1) is 6.35. The summed E-state index contributed by atoms with van der Waals surface area (Å²) in [5, 5.41) is 0. The number of rotatable bonds is 7. The quantitative estimate of drug-likeness (QED) is 0.492. The molecule has 0 bridgehead atoms. The normalized spacial score (nSPS) is 11.9. The summed E-state index contributed by atoms with van der Waals surface area (Å²) in [6, 6.07) is 0. The molecule has 1 unspecified atom stereocenters. The van der Waals surface area contributed by atoms with Crippen molar-refractivity contribution in [1.82, 2.24) is 0 Å². The van der Waals surface area contributed by atoms with Crippen LogP contribution in [-0.2, 0) is 4.74 Å². The van der Waals surface area contributed by atoms with E-state index in [-0.39, 0.29) is 6.10 Å². The molecule has 0 N–H and O–H groups in total. The van der Waals surface area contributed by atoms with E-state index < -0.39 is 0 Å². The molecule has 0 aromatic carbocycles. The third-order valence-electron chi connectivity index (χ3n) is 1.85. The maximum atomic E-state index is 5.62. The molecule has 0 aliphatic heterocycles. The van der Waals surface area contributed by atoms with E-state index in [1.165, 1.54) is 19.3 Å². The summed E-state index contributed by atoms with van der Waals surface area (Å²) >= 11 is 3.11. The van der Waals surface area contributed by atoms with Gasteiger partial charge in [0, 0.05) is 22.5 Å². The highest BCUT2D eigenvalue weighted by Gasteiger charge is 2.03. The van der Waals surface area contributed by atoms with Crippen LogP contribution < -0.4 is 0 Å². The van der Waals surface area contributed by atoms with Gasteiger partial charge in [0.2, 0.25) is 0 Å². The Kier molecular flexibility index (Phi) is 10.1. The van der Waals surface area contributed by atoms with Gasteiger partial charge in [-0.3, -0.25) is 0 Å². The van der Waals surface area contributed by atoms with Gasteiger partial charge in [0.1, 0.15) is 6.10 Å². The van der Waals surface area contributed by atoms with Gasteiger partial charge in [-0.15, -0.1) is 0 Å². The van der Waals surface area contributed by atoms with E-state index in [1.54, 1.807) is 0 Å². The second-order valence-electron chi connectivity index (χ2n) is 3.09. The molecule has 76 valence electrons. The lowest BCUT2D eigenvalue weighted by molar-refractivity contribution is 0.0820. The highest BCUT2D eigenvalue weighted by molar-refractivity contribution is 9.12. The van der Waals surface area contributed by atoms with Crippen LogP contribution in [0.4, 0.5) is 0 Å². The molecule has 0 fully saturated rings. The van der Waals surface area contributed by atoms with Crippen molar-refractivity contribution in [2.45, 2.75) is 52.1 Å². The highest BCUT2D eigenvalue weighted by atomic mass is 79.9. The minimum absolute atomic E-state index is 0.130. The first-order valence-corrected chi connectivity index (χ1v) is 5.87. The lowest BCUT2D eigenvalue weighted by Crippen LogP contribution is -2.11. The van der Waals surface area contributed by atoms with Crippen molar-refractivity contribution in [1.29, 1.82) is 0 Å². The lowest BCUT2D eigenvalue weighted by Gasteiger charge is -2.10. The summed E-state index contributed by atoms with van der Waals surface area (Å²) in [6.07, 6.45) is 5.90. The lowest BCUT2D eigenvalue weighted by atomic mass is 10.2. The van der Waals surface area contributed by atoms with Crippen LogP contribution in [0.2, 0.25) is 0 Å². The SMILES string of the molecule is CCCCOC(C#CBr)CCCC. The summed E-state index contributed by atoms with van der Waals surface area (Å²) in [7, 11) is 0. The van der Waals surface area contributed by atoms with Gasteiger partial charge in [0.25, 0.3) is 0 Å². The third-order valence-corrected chi connectivity index (χ3v) is 2.08. The molecule has 0 aliphatic rings. The Bertz CT molecular complexity index is 157. The molecule has 1 nitrogen and oxygen atoms in total. The molecule has 0 spiro atoms. The van der Waals surface area contributed by atoms with E-state index in [0.29, 0.717) is 0 Å². The van der Waals surface area contributed by atoms with Crippen LogP contribution in [0.25, 0.3) is 0 Å². The molecule has 0 aromatic heterocycles. The second kappa shape index (κ2) is 10.1. The summed E-state index contributed by atoms with van der Waals surface area (Å²) in [4.78, 5) is 2.74. The molecule has 0 radical (unpaired) electrons. The van der Waals surface area contributed by atoms with Gasteiger partial charge >= 0.3 is 0 Å². The second-order valence-corrected chi connectivity index (χ2v) is 3.49. The van der Waals surface area contributed by atoms with Gasteiger partial charge in [-0.2, -0.15) is 0 Å². The summed E-state index contributed by atoms with van der Waals surface area (Å²) in [5.41, 5.74) is 0. The van der Waals surface area contributed by atoms with Crippen LogP contribution in [-0.4, -0.2) is 12.7 Å². The fourth-order valence-electron chi connectivity index (χ4n) is 1.02. The van der Waals surface area contributed by atoms with Crippen LogP contribution >= 0.6 is 15.9 Å². The van der Waals surface area contributed by atoms with Gasteiger partial charge in [-0.1, -0.05) is 39.0 Å². The van der Waals surface area contributed by atoms with E-state index in [2.05, 4.69) is 40.5 Å². The van der Waals surface area contributed by atoms with Crippen molar-refractivity contribution in [3.8, 4) is 10.8 Å². The molecule has 13 heavy (non-hydrogen) atoms. The molecular weight excluding hydrogens is 228 g/mol. The van der Waals surface area contributed by atoms with Crippen molar-refractivity contribution in [2.24, 2.45) is 0 Å². The van der Waals surface area contributed by atoms with Crippen LogP contribution in [0.15, 0.2) is 0 Å². The Morgan fingerprint density at radius 2 is 1.92 bits per heavy atom. The third kappa shape index (κ3) is 8.33. The molecule has 1 atom stereocenters. The van der Waals surface area contributed by atoms with Gasteiger partial charge in [0.15, 0.2) is 0 Å². The molecule has 0 rings (SSSR count). The molecule has 0 saturated heterocycles. The first-order valence-electron chi connectivity index (χ1n) is 5.07. The van der Waals surface area contributed by atoms with Gasteiger partial charge in [-0.25, -0.2) is 0 Å². The molecule has 2 heteroatoms. The molecular formula is C11H19BrO. The van der Waals surface area contributed by atoms with Crippen LogP contribution in [0.3, 0.4) is 0 Å². The fourth-order valence-corrected chi connectivity index (χ4v) is 1.27. The summed E-state index contributed by atoms with van der Waals surface area (Å²) < 4.78 is 5.62. The predicted octanol–water partition coefficient (Wildman–Crippen LogP) is 3.72. The van der Waals surface area contributed by atoms with Crippen LogP contribution in [0.1, 0.15) is 46.0 Å². The van der Waals surface area contributed by atoms with E-state index in [0.717, 1.165) is 19.4 Å². The smallest absolute Gasteiger partial charge is 0.119 e. The minimum Gasteiger partial charge on any atom is -0.365 e. The average Bonchev–Trinajstić information content (AvgIpc) is 2.14. The zero-order valence-corrected chi connectivity index (χ0v) is 10.2. The van der Waals surface area contributed by atoms with Gasteiger partial charge in [0.05, 0.1) is 0 Å². The molecule has 0 aliphatic carbocycles. The monoisotopic (exact) mass is 246 g/mol. The van der Waals surface area contributed by atoms with Crippen LogP contribution in [0, 0.1) is 10.8 Å². The summed E-state index contributed by atoms with van der Waals surface area (Å²) in [5.74, 6) is 3.02. The Labute approximate surface area is 90.4 Å². The Morgan fingerprint density at radius 3 is 2.46 bits per heavy atom. The summed E-state index contributed by atoms with van der Waals surface area (Å²) in [6.45, 7) is 5.19. The van der Waals surface area contributed by atoms with Crippen molar-refractivity contribution in [2.75, 3.05) is 6.61 Å². The Morgan fingerprint density at radius 1 is 1.23 bits per heavy atom. The zero-order valence-electron chi connectivity index (χ0n) is 8.61. The van der Waals surface area contributed by atoms with Crippen molar-refractivity contribution in [3.63, 3.8) is 0 Å². The molecule has 0 heterocycles. The predicted molar refractivity (Wildman–Crippen MR) is 60.9 cm³/mol. The molecule has 0 amide bonds. The minimum atomic E-state index is 0.130. The zero-order chi connectivity index (χ0) is 9.94. The molecule has 0 saturated carbocycles. The van der Waals surface area contributed by atoms with E-state index in [1.807, 2.05) is 0 Å². The van der Waals surface area contributed by atoms with Gasteiger partial charge < -0.3 is 4.74 Å². The van der Waals surface area contributed by atoms with E-state index >= 15 is 0 Å². The van der Waals surface area contributed by atoms with Crippen molar-refractivity contribution < 1.29 is 4.74 Å². The Balaban J connectivity index is 3.58. The maximum absolute atomic E-state index is 5.62. The number of hydrogen-bond donors (Lipinski definition) is 0. The number of hydrogen-bond acceptors (Lipinski definition) is 1. The maximum Gasteiger partial charge on any atom is 0.119 e. The van der Waals surface area contributed by atoms with Crippen molar-refractivity contribution in [3.05, 3.63) is 0 Å². The standard InChI is InChI=1S/C11H19BrO/c1-3-5-7-11(8-9-12)13-10-6-4-2/h11H,3-7,10H2,1-2H3. The van der Waals surface area contributed by atoms with E-state index in [4.69, 9.17) is 4.74 Å². The highest BCUT2D eigenvalue weighted by Crippen LogP contribution is 2.05. The Hall–Kier alpha value is 0.